The number of hydrogen-bond acceptors (Lipinski definition) is 10. The fourth-order valence-electron chi connectivity index (χ4n) is 7.46. The first-order valence-electron chi connectivity index (χ1n) is 17.2. The molecule has 1 aliphatic carbocycles. The van der Waals surface area contributed by atoms with Gasteiger partial charge in [-0.25, -0.2) is 19.4 Å². The molecular formula is C36H44ClFN8O3. The maximum absolute atomic E-state index is 14.3. The van der Waals surface area contributed by atoms with Crippen LogP contribution in [0.2, 0.25) is 5.02 Å². The van der Waals surface area contributed by atoms with E-state index < -0.39 is 5.82 Å². The topological polar surface area (TPSA) is 98.3 Å². The number of aromatic nitrogens is 2. The third-order valence-corrected chi connectivity index (χ3v) is 10.7. The van der Waals surface area contributed by atoms with Gasteiger partial charge in [-0.1, -0.05) is 30.7 Å². The molecule has 0 spiro atoms. The lowest BCUT2D eigenvalue weighted by Crippen LogP contribution is -2.56. The summed E-state index contributed by atoms with van der Waals surface area (Å²) in [6.07, 6.45) is 9.60. The highest BCUT2D eigenvalue weighted by molar-refractivity contribution is 6.30. The first-order chi connectivity index (χ1) is 23.9. The minimum atomic E-state index is -0.479. The van der Waals surface area contributed by atoms with Gasteiger partial charge in [-0.15, -0.1) is 0 Å². The summed E-state index contributed by atoms with van der Waals surface area (Å²) in [5, 5.41) is 8.10. The van der Waals surface area contributed by atoms with E-state index in [0.29, 0.717) is 47.8 Å². The van der Waals surface area contributed by atoms with Crippen molar-refractivity contribution >= 4 is 46.2 Å². The molecule has 4 aliphatic rings. The van der Waals surface area contributed by atoms with Crippen molar-refractivity contribution in [3.8, 4) is 5.75 Å². The maximum atomic E-state index is 14.3. The van der Waals surface area contributed by atoms with Crippen LogP contribution >= 0.6 is 11.6 Å². The summed E-state index contributed by atoms with van der Waals surface area (Å²) in [6.45, 7) is 10.5. The van der Waals surface area contributed by atoms with Crippen LogP contribution in [0.5, 0.6) is 5.75 Å². The van der Waals surface area contributed by atoms with E-state index in [9.17, 15) is 9.18 Å². The van der Waals surface area contributed by atoms with Gasteiger partial charge >= 0.3 is 0 Å². The Morgan fingerprint density at radius 2 is 1.71 bits per heavy atom. The maximum Gasteiger partial charge on any atom is 0.247 e. The Bertz CT molecular complexity index is 1660. The quantitative estimate of drug-likeness (QED) is 0.241. The van der Waals surface area contributed by atoms with Gasteiger partial charge in [0.15, 0.2) is 5.82 Å². The van der Waals surface area contributed by atoms with Crippen LogP contribution in [0.3, 0.4) is 0 Å². The van der Waals surface area contributed by atoms with Crippen molar-refractivity contribution in [1.29, 1.82) is 0 Å². The number of ether oxygens (including phenoxy) is 1. The first kappa shape index (κ1) is 33.5. The average Bonchev–Trinajstić information content (AvgIpc) is 3.60. The van der Waals surface area contributed by atoms with Crippen molar-refractivity contribution in [2.45, 2.75) is 56.7 Å². The summed E-state index contributed by atoms with van der Waals surface area (Å²) in [4.78, 5) is 35.1. The van der Waals surface area contributed by atoms with Crippen LogP contribution in [0.1, 0.15) is 50.1 Å². The molecule has 1 aromatic heterocycles. The molecule has 260 valence electrons. The number of piperazine rings is 1. The van der Waals surface area contributed by atoms with Crippen molar-refractivity contribution in [1.82, 2.24) is 19.8 Å². The van der Waals surface area contributed by atoms with Crippen LogP contribution in [0, 0.1) is 5.82 Å². The van der Waals surface area contributed by atoms with Gasteiger partial charge in [0.2, 0.25) is 5.91 Å². The van der Waals surface area contributed by atoms with Gasteiger partial charge in [-0.2, -0.15) is 0 Å². The molecule has 2 aromatic carbocycles. The van der Waals surface area contributed by atoms with Crippen molar-refractivity contribution in [3.63, 3.8) is 0 Å². The standard InChI is InChI=1S/C36H44ClFN8O3/c1-3-36(47)42-29-20-30(41-34-22-35(40-23-39-34)46-31(11-18-49-46)24-7-8-27(37)28(38)19-24)33(48-2)21-32(29)45-12-9-26(10-13-45)44-16-14-43(15-17-44)25-5-4-6-25/h3,7-8,19-23,25-26,31H,1,4-6,9-18H2,2H3,(H,42,47)(H,39,40,41)/t31-/m1/s1. The van der Waals surface area contributed by atoms with Gasteiger partial charge in [0.1, 0.15) is 23.7 Å². The van der Waals surface area contributed by atoms with E-state index in [4.69, 9.17) is 21.2 Å². The van der Waals surface area contributed by atoms with E-state index in [-0.39, 0.29) is 17.0 Å². The summed E-state index contributed by atoms with van der Waals surface area (Å²) in [5.41, 5.74) is 2.91. The van der Waals surface area contributed by atoms with Crippen LogP contribution in [0.15, 0.2) is 55.4 Å². The van der Waals surface area contributed by atoms with E-state index in [1.54, 1.807) is 30.4 Å². The molecule has 4 heterocycles. The zero-order valence-corrected chi connectivity index (χ0v) is 28.7. The predicted octanol–water partition coefficient (Wildman–Crippen LogP) is 6.17. The number of anilines is 5. The SMILES string of the molecule is C=CC(=O)Nc1cc(Nc2cc(N3OCC[C@@H]3c3ccc(Cl)c(F)c3)ncn2)c(OC)cc1N1CCC(N2CCN(C3CCC3)CC2)CC1. The van der Waals surface area contributed by atoms with Crippen molar-refractivity contribution in [2.24, 2.45) is 0 Å². The van der Waals surface area contributed by atoms with Crippen molar-refractivity contribution < 1.29 is 18.8 Å². The van der Waals surface area contributed by atoms with Gasteiger partial charge in [-0.05, 0) is 55.5 Å². The minimum absolute atomic E-state index is 0.0729. The molecule has 13 heteroatoms. The Balaban J connectivity index is 1.07. The van der Waals surface area contributed by atoms with Gasteiger partial charge in [-0.3, -0.25) is 19.4 Å². The molecule has 3 aromatic rings. The molecule has 2 N–H and O–H groups in total. The van der Waals surface area contributed by atoms with Crippen molar-refractivity contribution in [3.05, 3.63) is 71.8 Å². The van der Waals surface area contributed by atoms with Gasteiger partial charge < -0.3 is 20.3 Å². The highest BCUT2D eigenvalue weighted by Crippen LogP contribution is 2.41. The zero-order chi connectivity index (χ0) is 33.9. The first-order valence-corrected chi connectivity index (χ1v) is 17.6. The molecule has 1 amide bonds. The average molecular weight is 691 g/mol. The second-order valence-electron chi connectivity index (χ2n) is 13.2. The van der Waals surface area contributed by atoms with Gasteiger partial charge in [0, 0.05) is 69.9 Å². The lowest BCUT2D eigenvalue weighted by atomic mass is 9.91. The molecule has 0 bridgehead atoms. The van der Waals surface area contributed by atoms with Crippen LogP contribution in [-0.2, 0) is 9.63 Å². The number of methoxy groups -OCH3 is 1. The Labute approximate surface area is 292 Å². The summed E-state index contributed by atoms with van der Waals surface area (Å²) in [7, 11) is 1.63. The molecule has 0 radical (unpaired) electrons. The number of nitrogens with one attached hydrogen (secondary N) is 2. The van der Waals surface area contributed by atoms with Gasteiger partial charge in [0.25, 0.3) is 0 Å². The van der Waals surface area contributed by atoms with Crippen molar-refractivity contribution in [2.75, 3.05) is 73.6 Å². The molecule has 1 atom stereocenters. The number of nitrogens with zero attached hydrogens (tertiary/aromatic N) is 6. The molecule has 7 rings (SSSR count). The molecule has 0 unspecified atom stereocenters. The fraction of sp³-hybridized carbons (Fsp3) is 0.472. The highest BCUT2D eigenvalue weighted by atomic mass is 35.5. The number of benzene rings is 2. The second kappa shape index (κ2) is 14.9. The summed E-state index contributed by atoms with van der Waals surface area (Å²) in [5.74, 6) is 0.836. The van der Waals surface area contributed by atoms with E-state index >= 15 is 0 Å². The zero-order valence-electron chi connectivity index (χ0n) is 27.9. The van der Waals surface area contributed by atoms with E-state index in [2.05, 4.69) is 41.9 Å². The van der Waals surface area contributed by atoms with Crippen LogP contribution < -0.4 is 25.3 Å². The number of piperidine rings is 1. The third-order valence-electron chi connectivity index (χ3n) is 10.4. The normalized spacial score (nSPS) is 21.0. The van der Waals surface area contributed by atoms with Crippen LogP contribution in [0.4, 0.5) is 33.1 Å². The van der Waals surface area contributed by atoms with Crippen LogP contribution in [-0.4, -0.2) is 90.7 Å². The summed E-state index contributed by atoms with van der Waals surface area (Å²) >= 11 is 5.92. The molecular weight excluding hydrogens is 647 g/mol. The Hall–Kier alpha value is -3.97. The second-order valence-corrected chi connectivity index (χ2v) is 13.6. The van der Waals surface area contributed by atoms with Crippen LogP contribution in [0.25, 0.3) is 0 Å². The highest BCUT2D eigenvalue weighted by Gasteiger charge is 2.33. The predicted molar refractivity (Wildman–Crippen MR) is 190 cm³/mol. The Morgan fingerprint density at radius 3 is 2.37 bits per heavy atom. The van der Waals surface area contributed by atoms with E-state index in [1.807, 2.05) is 12.1 Å². The number of halogens is 2. The number of carbonyl (C=O) groups is 1. The number of carbonyl (C=O) groups excluding carboxylic acids is 1. The lowest BCUT2D eigenvalue weighted by Gasteiger charge is -2.46. The minimum Gasteiger partial charge on any atom is -0.494 e. The van der Waals surface area contributed by atoms with E-state index in [1.165, 1.54) is 50.8 Å². The number of hydroxylamine groups is 1. The number of hydrogen-bond donors (Lipinski definition) is 2. The summed E-state index contributed by atoms with van der Waals surface area (Å²) < 4.78 is 20.1. The number of amides is 1. The molecule has 11 nitrogen and oxygen atoms in total. The van der Waals surface area contributed by atoms with E-state index in [0.717, 1.165) is 56.3 Å². The smallest absolute Gasteiger partial charge is 0.247 e. The lowest BCUT2D eigenvalue weighted by molar-refractivity contribution is -0.111. The third kappa shape index (κ3) is 7.33. The molecule has 3 saturated heterocycles. The molecule has 1 saturated carbocycles. The molecule has 3 aliphatic heterocycles. The van der Waals surface area contributed by atoms with Gasteiger partial charge in [0.05, 0.1) is 41.8 Å². The molecule has 4 fully saturated rings. The Kier molecular flexibility index (Phi) is 10.2. The fourth-order valence-corrected chi connectivity index (χ4v) is 7.58. The number of rotatable bonds is 10. The monoisotopic (exact) mass is 690 g/mol. The molecule has 49 heavy (non-hydrogen) atoms. The largest absolute Gasteiger partial charge is 0.494 e. The summed E-state index contributed by atoms with van der Waals surface area (Å²) in [6, 6.07) is 11.5. The Morgan fingerprint density at radius 1 is 0.980 bits per heavy atom.